The zero-order chi connectivity index (χ0) is 13.0. The van der Waals surface area contributed by atoms with Gasteiger partial charge < -0.3 is 25.2 Å². The molecule has 1 unspecified atom stereocenters. The van der Waals surface area contributed by atoms with E-state index in [-0.39, 0.29) is 18.7 Å². The molecular formula is C11H18N2O5. The summed E-state index contributed by atoms with van der Waals surface area (Å²) in [7, 11) is 0. The molecule has 1 atom stereocenters. The molecule has 18 heavy (non-hydrogen) atoms. The molecule has 0 bridgehead atoms. The van der Waals surface area contributed by atoms with E-state index in [2.05, 4.69) is 10.6 Å². The van der Waals surface area contributed by atoms with Gasteiger partial charge in [0.1, 0.15) is 0 Å². The van der Waals surface area contributed by atoms with Gasteiger partial charge in [-0.25, -0.2) is 4.79 Å². The molecule has 102 valence electrons. The lowest BCUT2D eigenvalue weighted by atomic mass is 10.1. The normalized spacial score (nSPS) is 25.2. The smallest absolute Gasteiger partial charge is 0.314 e. The van der Waals surface area contributed by atoms with Crippen molar-refractivity contribution in [3.63, 3.8) is 0 Å². The zero-order valence-electron chi connectivity index (χ0n) is 10.1. The molecule has 2 rings (SSSR count). The molecule has 1 aliphatic heterocycles. The maximum Gasteiger partial charge on any atom is 0.314 e. The maximum absolute atomic E-state index is 11.5. The van der Waals surface area contributed by atoms with E-state index in [1.807, 2.05) is 0 Å². The van der Waals surface area contributed by atoms with Gasteiger partial charge in [0.15, 0.2) is 0 Å². The lowest BCUT2D eigenvalue weighted by Gasteiger charge is -2.23. The average molecular weight is 258 g/mol. The summed E-state index contributed by atoms with van der Waals surface area (Å²) in [6, 6.07) is -0.364. The molecule has 7 nitrogen and oxygen atoms in total. The number of hydrogen-bond acceptors (Lipinski definition) is 4. The number of rotatable bonds is 5. The van der Waals surface area contributed by atoms with Gasteiger partial charge >= 0.3 is 12.0 Å². The first-order chi connectivity index (χ1) is 8.62. The Hall–Kier alpha value is -1.34. The van der Waals surface area contributed by atoms with Gasteiger partial charge in [0.25, 0.3) is 0 Å². The number of urea groups is 1. The van der Waals surface area contributed by atoms with Crippen LogP contribution in [0.15, 0.2) is 0 Å². The number of aliphatic carboxylic acids is 1. The molecule has 0 aromatic heterocycles. The number of carbonyl (C=O) groups excluding carboxylic acids is 1. The van der Waals surface area contributed by atoms with Crippen molar-refractivity contribution >= 4 is 12.0 Å². The SMILES string of the molecule is O=C(NCC1COCCO1)NCC1(C(=O)O)CC1. The van der Waals surface area contributed by atoms with E-state index >= 15 is 0 Å². The highest BCUT2D eigenvalue weighted by atomic mass is 16.6. The fourth-order valence-corrected chi connectivity index (χ4v) is 1.79. The second-order valence-corrected chi connectivity index (χ2v) is 4.72. The monoisotopic (exact) mass is 258 g/mol. The number of nitrogens with one attached hydrogen (secondary N) is 2. The van der Waals surface area contributed by atoms with E-state index < -0.39 is 11.4 Å². The van der Waals surface area contributed by atoms with Crippen LogP contribution in [0.5, 0.6) is 0 Å². The summed E-state index contributed by atoms with van der Waals surface area (Å²) < 4.78 is 10.6. The van der Waals surface area contributed by atoms with Crippen LogP contribution < -0.4 is 10.6 Å². The summed E-state index contributed by atoms with van der Waals surface area (Å²) in [5, 5.41) is 14.2. The lowest BCUT2D eigenvalue weighted by molar-refractivity contribution is -0.143. The van der Waals surface area contributed by atoms with Gasteiger partial charge in [0, 0.05) is 13.1 Å². The Labute approximate surface area is 105 Å². The van der Waals surface area contributed by atoms with E-state index in [1.54, 1.807) is 0 Å². The topological polar surface area (TPSA) is 96.9 Å². The molecule has 1 heterocycles. The summed E-state index contributed by atoms with van der Waals surface area (Å²) in [6.07, 6.45) is 1.13. The predicted octanol–water partition coefficient (Wildman–Crippen LogP) is -0.434. The Balaban J connectivity index is 1.62. The summed E-state index contributed by atoms with van der Waals surface area (Å²) in [4.78, 5) is 22.4. The highest BCUT2D eigenvalue weighted by Crippen LogP contribution is 2.45. The Morgan fingerprint density at radius 1 is 1.28 bits per heavy atom. The molecule has 0 radical (unpaired) electrons. The molecule has 2 fully saturated rings. The standard InChI is InChI=1S/C11H18N2O5/c14-9(15)11(1-2-11)7-13-10(16)12-5-8-6-17-3-4-18-8/h8H,1-7H2,(H,14,15)(H2,12,13,16). The first kappa shape index (κ1) is 13.1. The number of ether oxygens (including phenoxy) is 2. The fraction of sp³-hybridized carbons (Fsp3) is 0.818. The van der Waals surface area contributed by atoms with Crippen LogP contribution in [-0.2, 0) is 14.3 Å². The zero-order valence-corrected chi connectivity index (χ0v) is 10.1. The highest BCUT2D eigenvalue weighted by molar-refractivity contribution is 5.80. The number of amides is 2. The van der Waals surface area contributed by atoms with Crippen molar-refractivity contribution in [2.24, 2.45) is 5.41 Å². The Bertz CT molecular complexity index is 323. The van der Waals surface area contributed by atoms with Crippen LogP contribution in [0.1, 0.15) is 12.8 Å². The van der Waals surface area contributed by atoms with Gasteiger partial charge in [0.05, 0.1) is 31.3 Å². The maximum atomic E-state index is 11.5. The van der Waals surface area contributed by atoms with Gasteiger partial charge in [-0.1, -0.05) is 0 Å². The van der Waals surface area contributed by atoms with Crippen molar-refractivity contribution < 1.29 is 24.2 Å². The van der Waals surface area contributed by atoms with Crippen molar-refractivity contribution in [1.82, 2.24) is 10.6 Å². The van der Waals surface area contributed by atoms with Gasteiger partial charge in [0.2, 0.25) is 0 Å². The molecule has 0 aromatic rings. The van der Waals surface area contributed by atoms with Crippen molar-refractivity contribution in [2.75, 3.05) is 32.9 Å². The largest absolute Gasteiger partial charge is 0.481 e. The van der Waals surface area contributed by atoms with Crippen LogP contribution in [0.2, 0.25) is 0 Å². The van der Waals surface area contributed by atoms with Crippen LogP contribution in [-0.4, -0.2) is 56.1 Å². The Morgan fingerprint density at radius 2 is 2.06 bits per heavy atom. The van der Waals surface area contributed by atoms with E-state index in [9.17, 15) is 9.59 Å². The number of carbonyl (C=O) groups is 2. The third kappa shape index (κ3) is 3.33. The van der Waals surface area contributed by atoms with Crippen LogP contribution in [0, 0.1) is 5.41 Å². The van der Waals surface area contributed by atoms with Crippen LogP contribution >= 0.6 is 0 Å². The number of carboxylic acids is 1. The first-order valence-corrected chi connectivity index (χ1v) is 6.07. The fourth-order valence-electron chi connectivity index (χ4n) is 1.79. The Morgan fingerprint density at radius 3 is 2.61 bits per heavy atom. The summed E-state index contributed by atoms with van der Waals surface area (Å²) in [5.41, 5.74) is -0.734. The molecule has 0 spiro atoms. The van der Waals surface area contributed by atoms with Crippen molar-refractivity contribution in [3.8, 4) is 0 Å². The second-order valence-electron chi connectivity index (χ2n) is 4.72. The lowest BCUT2D eigenvalue weighted by Crippen LogP contribution is -2.45. The van der Waals surface area contributed by atoms with Crippen molar-refractivity contribution in [2.45, 2.75) is 18.9 Å². The Kier molecular flexibility index (Phi) is 4.03. The van der Waals surface area contributed by atoms with Gasteiger partial charge in [-0.05, 0) is 12.8 Å². The molecule has 2 amide bonds. The van der Waals surface area contributed by atoms with Crippen LogP contribution in [0.3, 0.4) is 0 Å². The van der Waals surface area contributed by atoms with E-state index in [4.69, 9.17) is 14.6 Å². The number of hydrogen-bond donors (Lipinski definition) is 3. The molecular weight excluding hydrogens is 240 g/mol. The van der Waals surface area contributed by atoms with Gasteiger partial charge in [-0.2, -0.15) is 0 Å². The van der Waals surface area contributed by atoms with Crippen LogP contribution in [0.25, 0.3) is 0 Å². The molecule has 2 aliphatic rings. The van der Waals surface area contributed by atoms with E-state index in [0.717, 1.165) is 0 Å². The third-order valence-corrected chi connectivity index (χ3v) is 3.27. The predicted molar refractivity (Wildman–Crippen MR) is 61.3 cm³/mol. The third-order valence-electron chi connectivity index (χ3n) is 3.27. The van der Waals surface area contributed by atoms with E-state index in [0.29, 0.717) is 39.2 Å². The van der Waals surface area contributed by atoms with Crippen molar-refractivity contribution in [3.05, 3.63) is 0 Å². The average Bonchev–Trinajstić information content (AvgIpc) is 3.16. The molecule has 1 saturated carbocycles. The number of carboxylic acid groups (broad SMARTS) is 1. The summed E-state index contributed by atoms with van der Waals surface area (Å²) in [5.74, 6) is -0.841. The van der Waals surface area contributed by atoms with Crippen molar-refractivity contribution in [1.29, 1.82) is 0 Å². The highest BCUT2D eigenvalue weighted by Gasteiger charge is 2.50. The molecule has 7 heteroatoms. The molecule has 0 aromatic carbocycles. The van der Waals surface area contributed by atoms with Gasteiger partial charge in [-0.3, -0.25) is 4.79 Å². The molecule has 3 N–H and O–H groups in total. The minimum atomic E-state index is -0.841. The minimum Gasteiger partial charge on any atom is -0.481 e. The first-order valence-electron chi connectivity index (χ1n) is 6.07. The summed E-state index contributed by atoms with van der Waals surface area (Å²) in [6.45, 7) is 2.14. The molecule has 1 aliphatic carbocycles. The summed E-state index contributed by atoms with van der Waals surface area (Å²) >= 11 is 0. The second kappa shape index (κ2) is 5.53. The van der Waals surface area contributed by atoms with Gasteiger partial charge in [-0.15, -0.1) is 0 Å². The van der Waals surface area contributed by atoms with Crippen LogP contribution in [0.4, 0.5) is 4.79 Å². The minimum absolute atomic E-state index is 0.126. The quantitative estimate of drug-likeness (QED) is 0.621. The van der Waals surface area contributed by atoms with E-state index in [1.165, 1.54) is 0 Å². The molecule has 1 saturated heterocycles.